The second-order valence-corrected chi connectivity index (χ2v) is 20.3. The summed E-state index contributed by atoms with van der Waals surface area (Å²) in [4.78, 5) is 73.5. The number of piperidine rings is 2. The van der Waals surface area contributed by atoms with Crippen molar-refractivity contribution in [3.05, 3.63) is 87.2 Å². The molecule has 4 aliphatic heterocycles. The number of fused-ring (bicyclic) bond motifs is 1. The molecular formula is C49H57ClN10O6. The SMILES string of the molecule is CC1(C)[C@H](NC(=O)c2ccc(N3CCN(CCC4CCN(C(=O)C5CN(c6ccc7nnn(C8CCC(=O)NC8=O)c(=O)c7c6)C5)CC4)CC3)cc2)C(C)(C)[C@H]1Oc1ccc(C#N)c(Cl)c1. The molecule has 346 valence electrons. The molecule has 66 heavy (non-hydrogen) atoms. The predicted octanol–water partition coefficient (Wildman–Crippen LogP) is 4.79. The lowest BCUT2D eigenvalue weighted by Crippen LogP contribution is -2.74. The van der Waals surface area contributed by atoms with E-state index in [1.54, 1.807) is 30.3 Å². The number of likely N-dealkylation sites (tertiary alicyclic amines) is 1. The van der Waals surface area contributed by atoms with Crippen molar-refractivity contribution in [2.24, 2.45) is 22.7 Å². The number of imide groups is 1. The number of piperazine rings is 1. The standard InChI is InChI=1S/C49H57ClN10O6/c1-48(2)46(49(3,4)47(48)66-36-11-7-32(27-51)38(50)26-36)53-42(62)31-5-8-34(9-6-31)57-23-21-56(22-24-57)18-15-30-16-19-58(20-17-30)44(64)33-28-59(29-33)35-10-12-39-37(25-35)45(65)60(55-54-39)40-13-14-41(61)52-43(40)63/h5-12,25-26,30,33,40,46-47H,13-24,28-29H2,1-4H3,(H,53,62)(H,52,61,63)/t40?,46-,47-. The average molecular weight is 918 g/mol. The molecule has 5 fully saturated rings. The maximum atomic E-state index is 13.5. The number of benzene rings is 3. The Morgan fingerprint density at radius 3 is 2.24 bits per heavy atom. The van der Waals surface area contributed by atoms with E-state index in [9.17, 15) is 29.2 Å². The highest BCUT2D eigenvalue weighted by Gasteiger charge is 2.64. The van der Waals surface area contributed by atoms with Crippen molar-refractivity contribution >= 4 is 57.5 Å². The van der Waals surface area contributed by atoms with Gasteiger partial charge < -0.3 is 24.8 Å². The van der Waals surface area contributed by atoms with E-state index in [1.807, 2.05) is 35.2 Å². The first kappa shape index (κ1) is 45.1. The highest BCUT2D eigenvalue weighted by Crippen LogP contribution is 2.55. The minimum Gasteiger partial charge on any atom is -0.489 e. The van der Waals surface area contributed by atoms with Crippen molar-refractivity contribution in [1.82, 2.24) is 35.4 Å². The van der Waals surface area contributed by atoms with Crippen LogP contribution in [0.5, 0.6) is 5.75 Å². The summed E-state index contributed by atoms with van der Waals surface area (Å²) in [5.41, 5.74) is 2.24. The van der Waals surface area contributed by atoms with Crippen LogP contribution >= 0.6 is 11.6 Å². The molecule has 4 amide bonds. The number of hydrogen-bond acceptors (Lipinski definition) is 12. The van der Waals surface area contributed by atoms with Crippen LogP contribution in [0.25, 0.3) is 10.9 Å². The van der Waals surface area contributed by atoms with Crippen molar-refractivity contribution in [2.75, 3.05) is 68.7 Å². The van der Waals surface area contributed by atoms with Crippen LogP contribution in [-0.4, -0.2) is 119 Å². The van der Waals surface area contributed by atoms with Crippen LogP contribution in [0, 0.1) is 34.0 Å². The number of hydrogen-bond donors (Lipinski definition) is 2. The number of aromatic nitrogens is 3. The van der Waals surface area contributed by atoms with Crippen molar-refractivity contribution < 1.29 is 23.9 Å². The molecule has 1 aliphatic carbocycles. The van der Waals surface area contributed by atoms with Crippen LogP contribution in [-0.2, 0) is 14.4 Å². The van der Waals surface area contributed by atoms with Gasteiger partial charge in [0.15, 0.2) is 0 Å². The Hall–Kier alpha value is -6.05. The van der Waals surface area contributed by atoms with Gasteiger partial charge in [-0.05, 0) is 92.7 Å². The first-order chi connectivity index (χ1) is 31.6. The lowest BCUT2D eigenvalue weighted by atomic mass is 9.49. The Balaban J connectivity index is 0.686. The molecular weight excluding hydrogens is 860 g/mol. The summed E-state index contributed by atoms with van der Waals surface area (Å²) in [7, 11) is 0. The Kier molecular flexibility index (Phi) is 12.3. The van der Waals surface area contributed by atoms with Gasteiger partial charge in [0.1, 0.15) is 29.5 Å². The zero-order valence-corrected chi connectivity index (χ0v) is 38.7. The van der Waals surface area contributed by atoms with E-state index in [-0.39, 0.29) is 59.5 Å². The fraction of sp³-hybridized carbons (Fsp3) is 0.510. The molecule has 1 unspecified atom stereocenters. The molecule has 5 aliphatic rings. The number of carbonyl (C=O) groups excluding carboxylic acids is 4. The first-order valence-electron chi connectivity index (χ1n) is 23.1. The predicted molar refractivity (Wildman–Crippen MR) is 249 cm³/mol. The van der Waals surface area contributed by atoms with E-state index in [0.29, 0.717) is 51.8 Å². The molecule has 3 aromatic carbocycles. The Morgan fingerprint density at radius 1 is 0.879 bits per heavy atom. The van der Waals surface area contributed by atoms with Crippen LogP contribution in [0.3, 0.4) is 0 Å². The van der Waals surface area contributed by atoms with Crippen LogP contribution < -0.4 is 30.7 Å². The number of rotatable bonds is 11. The topological polar surface area (TPSA) is 186 Å². The Labute approximate surface area is 389 Å². The molecule has 5 heterocycles. The van der Waals surface area contributed by atoms with Gasteiger partial charge in [0.2, 0.25) is 11.8 Å². The maximum absolute atomic E-state index is 13.5. The molecule has 4 saturated heterocycles. The third-order valence-corrected chi connectivity index (χ3v) is 15.2. The van der Waals surface area contributed by atoms with Crippen molar-refractivity contribution in [3.63, 3.8) is 0 Å². The van der Waals surface area contributed by atoms with E-state index < -0.39 is 17.5 Å². The minimum atomic E-state index is -0.885. The Morgan fingerprint density at radius 2 is 1.58 bits per heavy atom. The van der Waals surface area contributed by atoms with Gasteiger partial charge in [-0.1, -0.05) is 44.5 Å². The maximum Gasteiger partial charge on any atom is 0.278 e. The number of nitrogens with one attached hydrogen (secondary N) is 2. The van der Waals surface area contributed by atoms with Crippen LogP contribution in [0.4, 0.5) is 11.4 Å². The molecule has 0 radical (unpaired) electrons. The molecule has 9 rings (SSSR count). The number of nitrogens with zero attached hydrogens (tertiary/aromatic N) is 8. The van der Waals surface area contributed by atoms with E-state index in [4.69, 9.17) is 16.3 Å². The second kappa shape index (κ2) is 18.0. The van der Waals surface area contributed by atoms with E-state index in [2.05, 4.69) is 69.4 Å². The quantitative estimate of drug-likeness (QED) is 0.196. The lowest BCUT2D eigenvalue weighted by Gasteiger charge is -2.63. The van der Waals surface area contributed by atoms with Crippen molar-refractivity contribution in [2.45, 2.75) is 78.0 Å². The monoisotopic (exact) mass is 916 g/mol. The number of halogens is 1. The van der Waals surface area contributed by atoms with Gasteiger partial charge in [-0.25, -0.2) is 0 Å². The fourth-order valence-electron chi connectivity index (χ4n) is 11.1. The largest absolute Gasteiger partial charge is 0.489 e. The number of carbonyl (C=O) groups is 4. The molecule has 16 nitrogen and oxygen atoms in total. The van der Waals surface area contributed by atoms with Crippen LogP contribution in [0.1, 0.15) is 81.8 Å². The van der Waals surface area contributed by atoms with Crippen LogP contribution in [0.15, 0.2) is 65.5 Å². The summed E-state index contributed by atoms with van der Waals surface area (Å²) >= 11 is 6.26. The third-order valence-electron chi connectivity index (χ3n) is 14.8. The highest BCUT2D eigenvalue weighted by molar-refractivity contribution is 6.31. The summed E-state index contributed by atoms with van der Waals surface area (Å²) < 4.78 is 7.46. The van der Waals surface area contributed by atoms with Gasteiger partial charge in [-0.2, -0.15) is 9.94 Å². The van der Waals surface area contributed by atoms with Gasteiger partial charge in [-0.3, -0.25) is 34.2 Å². The smallest absolute Gasteiger partial charge is 0.278 e. The molecule has 4 aromatic rings. The van der Waals surface area contributed by atoms with E-state index in [1.165, 1.54) is 0 Å². The van der Waals surface area contributed by atoms with Crippen molar-refractivity contribution in [3.8, 4) is 11.8 Å². The molecule has 0 spiro atoms. The van der Waals surface area contributed by atoms with Gasteiger partial charge in [-0.15, -0.1) is 5.10 Å². The first-order valence-corrected chi connectivity index (χ1v) is 23.5. The summed E-state index contributed by atoms with van der Waals surface area (Å²) in [6, 6.07) is 19.4. The third kappa shape index (κ3) is 8.70. The van der Waals surface area contributed by atoms with Crippen molar-refractivity contribution in [1.29, 1.82) is 5.26 Å². The number of anilines is 2. The summed E-state index contributed by atoms with van der Waals surface area (Å²) in [5, 5.41) is 23.6. The molecule has 1 saturated carbocycles. The molecule has 1 aromatic heterocycles. The number of amides is 4. The van der Waals surface area contributed by atoms with Gasteiger partial charge >= 0.3 is 0 Å². The van der Waals surface area contributed by atoms with Gasteiger partial charge in [0, 0.05) is 98.7 Å². The molecule has 0 bridgehead atoms. The second-order valence-electron chi connectivity index (χ2n) is 19.8. The summed E-state index contributed by atoms with van der Waals surface area (Å²) in [6.07, 6.45) is 3.27. The summed E-state index contributed by atoms with van der Waals surface area (Å²) in [5.74, 6) is 0.257. The van der Waals surface area contributed by atoms with Gasteiger partial charge in [0.05, 0.1) is 21.9 Å². The number of ether oxygens (including phenoxy) is 1. The Bertz CT molecular complexity index is 2630. The highest BCUT2D eigenvalue weighted by atomic mass is 35.5. The molecule has 1 atom stereocenters. The lowest BCUT2D eigenvalue weighted by molar-refractivity contribution is -0.164. The van der Waals surface area contributed by atoms with Gasteiger partial charge in [0.25, 0.3) is 17.4 Å². The fourth-order valence-corrected chi connectivity index (χ4v) is 11.3. The zero-order valence-electron chi connectivity index (χ0n) is 38.0. The average Bonchev–Trinajstić information content (AvgIpc) is 3.29. The zero-order chi connectivity index (χ0) is 46.5. The minimum absolute atomic E-state index is 0.0951. The number of nitriles is 1. The normalized spacial score (nSPS) is 23.4. The van der Waals surface area contributed by atoms with E-state index in [0.717, 1.165) is 81.1 Å². The van der Waals surface area contributed by atoms with Crippen LogP contribution in [0.2, 0.25) is 5.02 Å². The summed E-state index contributed by atoms with van der Waals surface area (Å²) in [6.45, 7) is 15.9. The van der Waals surface area contributed by atoms with E-state index >= 15 is 0 Å². The molecule has 2 N–H and O–H groups in total. The molecule has 17 heteroatoms.